The normalized spacial score (nSPS) is 9.61. The monoisotopic (exact) mass is 242 g/mol. The van der Waals surface area contributed by atoms with Crippen LogP contribution in [0, 0.1) is 11.8 Å². The molecule has 0 aliphatic heterocycles. The lowest BCUT2D eigenvalue weighted by Crippen LogP contribution is -2.06. The molecule has 0 aliphatic rings. The Hall–Kier alpha value is -2.74. The maximum Gasteiger partial charge on any atom is 0.338 e. The average molecular weight is 242 g/mol. The summed E-state index contributed by atoms with van der Waals surface area (Å²) in [4.78, 5) is 25.2. The maximum absolute atomic E-state index is 11.6. The summed E-state index contributed by atoms with van der Waals surface area (Å²) in [7, 11) is 1.31. The fraction of sp³-hybridized carbons (Fsp3) is 0.0769. The first-order valence-electron chi connectivity index (χ1n) is 5.12. The zero-order valence-electron chi connectivity index (χ0n) is 9.61. The molecule has 0 bridgehead atoms. The molecule has 90 valence electrons. The summed E-state index contributed by atoms with van der Waals surface area (Å²) in [5.41, 5.74) is 6.60. The van der Waals surface area contributed by atoms with Crippen LogP contribution < -0.4 is 5.73 Å². The Labute approximate surface area is 103 Å². The van der Waals surface area contributed by atoms with E-state index in [9.17, 15) is 9.59 Å². The zero-order chi connectivity index (χ0) is 13.1. The van der Waals surface area contributed by atoms with Crippen LogP contribution >= 0.6 is 0 Å². The molecule has 0 unspecified atom stereocenters. The van der Waals surface area contributed by atoms with Gasteiger partial charge in [0.1, 0.15) is 0 Å². The van der Waals surface area contributed by atoms with Gasteiger partial charge in [-0.3, -0.25) is 4.79 Å². The van der Waals surface area contributed by atoms with Crippen LogP contribution in [0.15, 0.2) is 24.4 Å². The fourth-order valence-corrected chi connectivity index (χ4v) is 1.65. The predicted octanol–water partition coefficient (Wildman–Crippen LogP) is 0.791. The summed E-state index contributed by atoms with van der Waals surface area (Å²) in [6.07, 6.45) is 1.71. The number of carbonyl (C=O) groups excluding carboxylic acids is 2. The molecule has 0 fully saturated rings. The van der Waals surface area contributed by atoms with Gasteiger partial charge in [0.25, 0.3) is 5.91 Å². The first-order chi connectivity index (χ1) is 8.61. The van der Waals surface area contributed by atoms with Crippen LogP contribution in [-0.4, -0.2) is 24.0 Å². The molecule has 0 radical (unpaired) electrons. The number of benzene rings is 1. The number of nitrogens with one attached hydrogen (secondary N) is 1. The Morgan fingerprint density at radius 3 is 2.83 bits per heavy atom. The maximum atomic E-state index is 11.6. The number of aromatic nitrogens is 1. The van der Waals surface area contributed by atoms with Gasteiger partial charge in [-0.15, -0.1) is 0 Å². The summed E-state index contributed by atoms with van der Waals surface area (Å²) in [5.74, 6) is 3.64. The molecule has 0 saturated heterocycles. The van der Waals surface area contributed by atoms with E-state index < -0.39 is 11.9 Å². The Balaban J connectivity index is 2.61. The first kappa shape index (κ1) is 11.7. The van der Waals surface area contributed by atoms with Crippen LogP contribution in [-0.2, 0) is 9.53 Å². The highest BCUT2D eigenvalue weighted by Gasteiger charge is 2.12. The topological polar surface area (TPSA) is 85.2 Å². The number of primary amides is 1. The number of aromatic amines is 1. The number of nitrogens with two attached hydrogens (primary N) is 1. The molecule has 1 aromatic heterocycles. The number of rotatable bonds is 1. The van der Waals surface area contributed by atoms with E-state index in [2.05, 4.69) is 16.8 Å². The van der Waals surface area contributed by atoms with E-state index in [1.807, 2.05) is 0 Å². The van der Waals surface area contributed by atoms with E-state index in [0.29, 0.717) is 11.1 Å². The molecule has 0 saturated carbocycles. The van der Waals surface area contributed by atoms with E-state index in [-0.39, 0.29) is 0 Å². The van der Waals surface area contributed by atoms with E-state index in [1.54, 1.807) is 24.4 Å². The molecule has 5 nitrogen and oxygen atoms in total. The number of H-pyrrole nitrogens is 1. The number of hydrogen-bond donors (Lipinski definition) is 2. The lowest BCUT2D eigenvalue weighted by molar-refractivity contribution is -0.112. The molecule has 1 aromatic carbocycles. The SMILES string of the molecule is COC(=O)c1cc(C#CC(N)=O)cc2[nH]ccc12. The summed E-state index contributed by atoms with van der Waals surface area (Å²) < 4.78 is 4.70. The van der Waals surface area contributed by atoms with Crippen molar-refractivity contribution in [2.24, 2.45) is 5.73 Å². The number of amides is 1. The molecule has 1 amide bonds. The standard InChI is InChI=1S/C13H10N2O3/c1-18-13(17)10-6-8(2-3-12(14)16)7-11-9(10)4-5-15-11/h4-7,15H,1H3,(H2,14,16). The number of methoxy groups -OCH3 is 1. The van der Waals surface area contributed by atoms with Gasteiger partial charge in [-0.25, -0.2) is 4.79 Å². The van der Waals surface area contributed by atoms with Crippen molar-refractivity contribution in [3.8, 4) is 11.8 Å². The van der Waals surface area contributed by atoms with Crippen LogP contribution in [0.3, 0.4) is 0 Å². The second-order valence-electron chi connectivity index (χ2n) is 3.57. The largest absolute Gasteiger partial charge is 0.465 e. The van der Waals surface area contributed by atoms with Crippen molar-refractivity contribution >= 4 is 22.8 Å². The van der Waals surface area contributed by atoms with Gasteiger partial charge >= 0.3 is 5.97 Å². The third-order valence-corrected chi connectivity index (χ3v) is 2.40. The van der Waals surface area contributed by atoms with Gasteiger partial charge in [0, 0.05) is 22.7 Å². The summed E-state index contributed by atoms with van der Waals surface area (Å²) >= 11 is 0. The van der Waals surface area contributed by atoms with E-state index >= 15 is 0 Å². The fourth-order valence-electron chi connectivity index (χ4n) is 1.65. The predicted molar refractivity (Wildman–Crippen MR) is 65.7 cm³/mol. The van der Waals surface area contributed by atoms with E-state index in [4.69, 9.17) is 10.5 Å². The van der Waals surface area contributed by atoms with Crippen molar-refractivity contribution in [1.82, 2.24) is 4.98 Å². The van der Waals surface area contributed by atoms with Crippen LogP contribution in [0.5, 0.6) is 0 Å². The number of hydrogen-bond acceptors (Lipinski definition) is 3. The minimum absolute atomic E-state index is 0.394. The number of carbonyl (C=O) groups is 2. The molecule has 3 N–H and O–H groups in total. The van der Waals surface area contributed by atoms with Crippen molar-refractivity contribution in [2.45, 2.75) is 0 Å². The van der Waals surface area contributed by atoms with E-state index in [0.717, 1.165) is 10.9 Å². The summed E-state index contributed by atoms with van der Waals surface area (Å²) in [5, 5.41) is 0.742. The number of fused-ring (bicyclic) bond motifs is 1. The summed E-state index contributed by atoms with van der Waals surface area (Å²) in [6, 6.07) is 5.07. The minimum atomic E-state index is -0.721. The molecule has 0 aliphatic carbocycles. The molecule has 18 heavy (non-hydrogen) atoms. The van der Waals surface area contributed by atoms with Gasteiger partial charge in [0.05, 0.1) is 12.7 Å². The molecule has 2 rings (SSSR count). The van der Waals surface area contributed by atoms with Crippen molar-refractivity contribution in [3.05, 3.63) is 35.5 Å². The quantitative estimate of drug-likeness (QED) is 0.572. The molecule has 2 aromatic rings. The smallest absolute Gasteiger partial charge is 0.338 e. The lowest BCUT2D eigenvalue weighted by atomic mass is 10.1. The van der Waals surface area contributed by atoms with Gasteiger partial charge in [-0.1, -0.05) is 5.92 Å². The molecule has 0 atom stereocenters. The van der Waals surface area contributed by atoms with Crippen LogP contribution in [0.25, 0.3) is 10.9 Å². The summed E-state index contributed by atoms with van der Waals surface area (Å²) in [6.45, 7) is 0. The van der Waals surface area contributed by atoms with Crippen molar-refractivity contribution < 1.29 is 14.3 Å². The third kappa shape index (κ3) is 2.18. The second-order valence-corrected chi connectivity index (χ2v) is 3.57. The zero-order valence-corrected chi connectivity index (χ0v) is 9.61. The molecule has 5 heteroatoms. The number of esters is 1. The molecule has 0 spiro atoms. The highest BCUT2D eigenvalue weighted by atomic mass is 16.5. The van der Waals surface area contributed by atoms with Gasteiger partial charge in [0.2, 0.25) is 0 Å². The van der Waals surface area contributed by atoms with Gasteiger partial charge in [0.15, 0.2) is 0 Å². The van der Waals surface area contributed by atoms with Crippen LogP contribution in [0.4, 0.5) is 0 Å². The minimum Gasteiger partial charge on any atom is -0.465 e. The van der Waals surface area contributed by atoms with Gasteiger partial charge < -0.3 is 15.5 Å². The lowest BCUT2D eigenvalue weighted by Gasteiger charge is -2.02. The highest BCUT2D eigenvalue weighted by Crippen LogP contribution is 2.20. The Bertz CT molecular complexity index is 689. The Morgan fingerprint density at radius 2 is 2.17 bits per heavy atom. The van der Waals surface area contributed by atoms with E-state index in [1.165, 1.54) is 7.11 Å². The van der Waals surface area contributed by atoms with Crippen LogP contribution in [0.1, 0.15) is 15.9 Å². The average Bonchev–Trinajstić information content (AvgIpc) is 2.82. The molecular formula is C13H10N2O3. The molecule has 1 heterocycles. The molecular weight excluding hydrogens is 232 g/mol. The second kappa shape index (κ2) is 4.63. The Morgan fingerprint density at radius 1 is 1.39 bits per heavy atom. The first-order valence-corrected chi connectivity index (χ1v) is 5.12. The third-order valence-electron chi connectivity index (χ3n) is 2.40. The van der Waals surface area contributed by atoms with Crippen LogP contribution in [0.2, 0.25) is 0 Å². The van der Waals surface area contributed by atoms with Gasteiger partial charge in [-0.2, -0.15) is 0 Å². The highest BCUT2D eigenvalue weighted by molar-refractivity contribution is 6.04. The Kier molecular flexibility index (Phi) is 3.02. The van der Waals surface area contributed by atoms with Crippen molar-refractivity contribution in [2.75, 3.05) is 7.11 Å². The number of ether oxygens (including phenoxy) is 1. The van der Waals surface area contributed by atoms with Crippen molar-refractivity contribution in [1.29, 1.82) is 0 Å². The van der Waals surface area contributed by atoms with Gasteiger partial charge in [-0.05, 0) is 24.1 Å². The van der Waals surface area contributed by atoms with Crippen molar-refractivity contribution in [3.63, 3.8) is 0 Å².